The van der Waals surface area contributed by atoms with Gasteiger partial charge in [0, 0.05) is 23.4 Å². The van der Waals surface area contributed by atoms with Crippen LogP contribution in [0.2, 0.25) is 5.02 Å². The molecule has 5 atom stereocenters. The molecule has 2 aliphatic rings. The number of carbonyl (C=O) groups is 1. The van der Waals surface area contributed by atoms with Gasteiger partial charge in [0.05, 0.1) is 13.2 Å². The number of hydrogen-bond acceptors (Lipinski definition) is 9. The van der Waals surface area contributed by atoms with E-state index in [-0.39, 0.29) is 19.8 Å². The van der Waals surface area contributed by atoms with Crippen LogP contribution in [-0.4, -0.2) is 72.9 Å². The first kappa shape index (κ1) is 27.5. The molecule has 2 bridgehead atoms. The third-order valence-corrected chi connectivity index (χ3v) is 7.25. The summed E-state index contributed by atoms with van der Waals surface area (Å²) in [6.07, 6.45) is -3.68. The predicted molar refractivity (Wildman–Crippen MR) is 135 cm³/mol. The molecule has 0 aromatic heterocycles. The maximum atomic E-state index is 11.8. The van der Waals surface area contributed by atoms with Gasteiger partial charge in [-0.2, -0.15) is 0 Å². The number of methoxy groups -OCH3 is 1. The normalized spacial score (nSPS) is 28.6. The first-order valence-electron chi connectivity index (χ1n) is 12.2. The largest absolute Gasteiger partial charge is 0.508 e. The van der Waals surface area contributed by atoms with E-state index in [1.807, 2.05) is 37.3 Å². The van der Waals surface area contributed by atoms with E-state index in [0.29, 0.717) is 29.1 Å². The quantitative estimate of drug-likeness (QED) is 0.330. The van der Waals surface area contributed by atoms with Crippen molar-refractivity contribution in [3.8, 4) is 0 Å². The molecule has 4 rings (SSSR count). The lowest BCUT2D eigenvalue weighted by Gasteiger charge is -2.47. The summed E-state index contributed by atoms with van der Waals surface area (Å²) in [4.78, 5) is 11.8. The van der Waals surface area contributed by atoms with Crippen LogP contribution in [0.5, 0.6) is 0 Å². The molecule has 0 spiro atoms. The molecule has 0 radical (unpaired) electrons. The summed E-state index contributed by atoms with van der Waals surface area (Å²) in [5, 5.41) is 30.4. The van der Waals surface area contributed by atoms with Gasteiger partial charge in [0.2, 0.25) is 5.79 Å². The molecule has 2 aromatic rings. The number of aliphatic hydroxyl groups excluding tert-OH is 2. The molecule has 3 N–H and O–H groups in total. The molecule has 2 heterocycles. The zero-order chi connectivity index (χ0) is 26.8. The monoisotopic (exact) mass is 533 g/mol. The predicted octanol–water partition coefficient (Wildman–Crippen LogP) is 3.57. The molecule has 0 amide bonds. The number of benzene rings is 2. The number of ether oxygens (including phenoxy) is 5. The Morgan fingerprint density at radius 2 is 1.89 bits per heavy atom. The molecule has 0 saturated carbocycles. The molecule has 9 nitrogen and oxygen atoms in total. The Bertz CT molecular complexity index is 1140. The average molecular weight is 534 g/mol. The fraction of sp³-hybridized carbons (Fsp3) is 0.481. The number of carbonyl (C=O) groups excluding carboxylic acids is 1. The van der Waals surface area contributed by atoms with E-state index in [2.05, 4.69) is 0 Å². The molecule has 2 aromatic carbocycles. The van der Waals surface area contributed by atoms with Gasteiger partial charge in [-0.05, 0) is 48.6 Å². The number of hydrogen-bond donors (Lipinski definition) is 3. The van der Waals surface area contributed by atoms with Crippen LogP contribution in [0.3, 0.4) is 0 Å². The van der Waals surface area contributed by atoms with Crippen molar-refractivity contribution in [3.63, 3.8) is 0 Å². The van der Waals surface area contributed by atoms with Crippen LogP contribution >= 0.6 is 11.6 Å². The highest BCUT2D eigenvalue weighted by molar-refractivity contribution is 6.31. The number of halogens is 1. The fourth-order valence-corrected chi connectivity index (χ4v) is 5.04. The summed E-state index contributed by atoms with van der Waals surface area (Å²) < 4.78 is 28.0. The third-order valence-electron chi connectivity index (χ3n) is 6.88. The molecule has 37 heavy (non-hydrogen) atoms. The zero-order valence-corrected chi connectivity index (χ0v) is 21.8. The van der Waals surface area contributed by atoms with Crippen molar-refractivity contribution in [1.29, 1.82) is 5.41 Å². The van der Waals surface area contributed by atoms with Gasteiger partial charge >= 0.3 is 6.16 Å². The first-order chi connectivity index (χ1) is 17.7. The Kier molecular flexibility index (Phi) is 8.23. The second-order valence-corrected chi connectivity index (χ2v) is 9.61. The molecule has 0 aliphatic carbocycles. The van der Waals surface area contributed by atoms with Crippen molar-refractivity contribution in [2.45, 2.75) is 56.4 Å². The van der Waals surface area contributed by atoms with Crippen molar-refractivity contribution in [3.05, 3.63) is 69.7 Å². The topological polar surface area (TPSA) is 128 Å². The highest BCUT2D eigenvalue weighted by atomic mass is 35.5. The minimum absolute atomic E-state index is 0.126. The minimum Gasteiger partial charge on any atom is -0.435 e. The Morgan fingerprint density at radius 3 is 2.54 bits per heavy atom. The second kappa shape index (κ2) is 11.1. The Balaban J connectivity index is 1.64. The lowest BCUT2D eigenvalue weighted by Crippen LogP contribution is -2.66. The summed E-state index contributed by atoms with van der Waals surface area (Å²) in [7, 11) is 1.39. The Labute approximate surface area is 220 Å². The van der Waals surface area contributed by atoms with Crippen molar-refractivity contribution in [2.75, 3.05) is 26.9 Å². The van der Waals surface area contributed by atoms with Crippen molar-refractivity contribution < 1.29 is 38.7 Å². The minimum atomic E-state index is -1.58. The van der Waals surface area contributed by atoms with Gasteiger partial charge in [-0.15, -0.1) is 0 Å². The standard InChI is InChI=1S/C27H32ClNO8/c1-4-21(29)17-8-6-16(7-9-17)12-18-13-19(10-11-20(18)28)27-24(33-3)22(30)23(31)26(37-27,15-36-27)14-35-25(32)34-5-2/h6-11,13,22-24,29-31H,4-5,12,14-15H2,1-3H3/t22-,23-,24+,26-,27-/m0/s1. The van der Waals surface area contributed by atoms with E-state index in [0.717, 1.165) is 16.7 Å². The Hall–Kier alpha value is -2.53. The summed E-state index contributed by atoms with van der Waals surface area (Å²) in [5.41, 5.74) is 2.23. The van der Waals surface area contributed by atoms with Crippen LogP contribution in [0, 0.1) is 5.41 Å². The van der Waals surface area contributed by atoms with E-state index < -0.39 is 35.9 Å². The lowest BCUT2D eigenvalue weighted by atomic mass is 9.83. The Morgan fingerprint density at radius 1 is 1.16 bits per heavy atom. The number of rotatable bonds is 9. The van der Waals surface area contributed by atoms with Gasteiger partial charge in [-0.25, -0.2) is 4.79 Å². The average Bonchev–Trinajstić information content (AvgIpc) is 3.27. The van der Waals surface area contributed by atoms with Crippen molar-refractivity contribution >= 4 is 23.5 Å². The van der Waals surface area contributed by atoms with Gasteiger partial charge < -0.3 is 39.3 Å². The summed E-state index contributed by atoms with van der Waals surface area (Å²) in [6.45, 7) is 3.17. The number of aliphatic hydroxyl groups is 2. The van der Waals surface area contributed by atoms with Gasteiger partial charge in [0.1, 0.15) is 24.9 Å². The highest BCUT2D eigenvalue weighted by Gasteiger charge is 2.68. The molecule has 200 valence electrons. The summed E-state index contributed by atoms with van der Waals surface area (Å²) >= 11 is 6.54. The molecular formula is C27H32ClNO8. The maximum absolute atomic E-state index is 11.8. The van der Waals surface area contributed by atoms with Crippen molar-refractivity contribution in [2.24, 2.45) is 0 Å². The third kappa shape index (κ3) is 5.12. The van der Waals surface area contributed by atoms with E-state index in [1.165, 1.54) is 7.11 Å². The van der Waals surface area contributed by atoms with E-state index >= 15 is 0 Å². The van der Waals surface area contributed by atoms with E-state index in [1.54, 1.807) is 19.1 Å². The van der Waals surface area contributed by atoms with Gasteiger partial charge in [0.15, 0.2) is 5.60 Å². The van der Waals surface area contributed by atoms with Crippen LogP contribution in [0.15, 0.2) is 42.5 Å². The van der Waals surface area contributed by atoms with Crippen LogP contribution in [0.1, 0.15) is 42.5 Å². The van der Waals surface area contributed by atoms with E-state index in [9.17, 15) is 15.0 Å². The van der Waals surface area contributed by atoms with Gasteiger partial charge in [-0.3, -0.25) is 0 Å². The molecule has 2 fully saturated rings. The molecule has 0 unspecified atom stereocenters. The van der Waals surface area contributed by atoms with Gasteiger partial charge in [0.25, 0.3) is 0 Å². The first-order valence-corrected chi connectivity index (χ1v) is 12.6. The van der Waals surface area contributed by atoms with E-state index in [4.69, 9.17) is 40.7 Å². The zero-order valence-electron chi connectivity index (χ0n) is 21.0. The SMILES string of the molecule is CCOC(=O)OC[C@@]12CO[C@@](c3ccc(Cl)c(Cc4ccc(C(=N)CC)cc4)c3)(O1)[C@H](OC)[C@@H](O)[C@@H]2O. The molecule has 2 saturated heterocycles. The fourth-order valence-electron chi connectivity index (χ4n) is 4.85. The second-order valence-electron chi connectivity index (χ2n) is 9.20. The van der Waals surface area contributed by atoms with Crippen LogP contribution in [-0.2, 0) is 35.9 Å². The van der Waals surface area contributed by atoms with Crippen LogP contribution in [0.4, 0.5) is 4.79 Å². The van der Waals surface area contributed by atoms with Crippen LogP contribution in [0.25, 0.3) is 0 Å². The summed E-state index contributed by atoms with van der Waals surface area (Å²) in [5.74, 6) is -1.58. The molecule has 2 aliphatic heterocycles. The molecular weight excluding hydrogens is 502 g/mol. The highest BCUT2D eigenvalue weighted by Crippen LogP contribution is 2.51. The van der Waals surface area contributed by atoms with Gasteiger partial charge in [-0.1, -0.05) is 48.9 Å². The number of fused-ring (bicyclic) bond motifs is 2. The summed E-state index contributed by atoms with van der Waals surface area (Å²) in [6, 6.07) is 13.0. The number of nitrogens with one attached hydrogen (secondary N) is 1. The van der Waals surface area contributed by atoms with Crippen molar-refractivity contribution in [1.82, 2.24) is 0 Å². The lowest BCUT2D eigenvalue weighted by molar-refractivity contribution is -0.334. The smallest absolute Gasteiger partial charge is 0.435 e. The van der Waals surface area contributed by atoms with Crippen LogP contribution < -0.4 is 0 Å². The molecule has 10 heteroatoms. The maximum Gasteiger partial charge on any atom is 0.508 e.